The number of nitrogens with two attached hydrogens (primary N) is 1. The van der Waals surface area contributed by atoms with E-state index in [-0.39, 0.29) is 5.91 Å². The zero-order valence-electron chi connectivity index (χ0n) is 17.8. The Kier molecular flexibility index (Phi) is 5.85. The second-order valence-electron chi connectivity index (χ2n) is 7.64. The van der Waals surface area contributed by atoms with E-state index in [9.17, 15) is 4.79 Å². The van der Waals surface area contributed by atoms with Gasteiger partial charge in [-0.25, -0.2) is 4.68 Å². The Morgan fingerprint density at radius 1 is 0.903 bits per heavy atom. The van der Waals surface area contributed by atoms with Crippen molar-refractivity contribution in [1.29, 1.82) is 0 Å². The Labute approximate surface area is 182 Å². The Balaban J connectivity index is 1.43. The van der Waals surface area contributed by atoms with Crippen LogP contribution >= 0.6 is 0 Å². The first-order valence-electron chi connectivity index (χ1n) is 10.4. The Hall–Kier alpha value is -3.86. The van der Waals surface area contributed by atoms with Crippen LogP contribution in [0.3, 0.4) is 0 Å². The first kappa shape index (κ1) is 20.4. The van der Waals surface area contributed by atoms with E-state index in [1.807, 2.05) is 59.3 Å². The molecule has 4 aromatic rings. The molecular weight excluding hydrogens is 384 g/mol. The van der Waals surface area contributed by atoms with Gasteiger partial charge >= 0.3 is 0 Å². The van der Waals surface area contributed by atoms with Crippen LogP contribution in [0.5, 0.6) is 0 Å². The van der Waals surface area contributed by atoms with E-state index >= 15 is 0 Å². The van der Waals surface area contributed by atoms with Crippen LogP contribution in [-0.4, -0.2) is 15.7 Å². The molecule has 1 aromatic heterocycles. The average molecular weight is 411 g/mol. The standard InChI is InChI=1S/C26H26N4O/c1-18-23(19(2)30(29-18)22-8-4-3-5-9-22)17-14-20-12-15-21(16-13-20)26(31)28-25-11-7-6-10-24(25)27/h3-13,15-16H,14,17,27H2,1-2H3,(H,28,31). The minimum absolute atomic E-state index is 0.166. The molecular formula is C26H26N4O. The fourth-order valence-corrected chi connectivity index (χ4v) is 3.75. The van der Waals surface area contributed by atoms with Crippen LogP contribution in [0.25, 0.3) is 5.69 Å². The molecule has 0 spiro atoms. The summed E-state index contributed by atoms with van der Waals surface area (Å²) < 4.78 is 2.01. The van der Waals surface area contributed by atoms with Crippen molar-refractivity contribution < 1.29 is 4.79 Å². The minimum atomic E-state index is -0.166. The monoisotopic (exact) mass is 410 g/mol. The summed E-state index contributed by atoms with van der Waals surface area (Å²) in [6, 6.07) is 25.2. The number of nitrogens with zero attached hydrogens (tertiary/aromatic N) is 2. The Morgan fingerprint density at radius 3 is 2.29 bits per heavy atom. The predicted octanol–water partition coefficient (Wildman–Crippen LogP) is 5.11. The molecule has 4 rings (SSSR count). The number of carbonyl (C=O) groups excluding carboxylic acids is 1. The third-order valence-corrected chi connectivity index (χ3v) is 5.53. The summed E-state index contributed by atoms with van der Waals surface area (Å²) in [5.41, 5.74) is 13.4. The topological polar surface area (TPSA) is 72.9 Å². The molecule has 0 fully saturated rings. The van der Waals surface area contributed by atoms with Crippen LogP contribution < -0.4 is 11.1 Å². The van der Waals surface area contributed by atoms with Gasteiger partial charge in [0.05, 0.1) is 22.8 Å². The molecule has 0 unspecified atom stereocenters. The molecule has 5 heteroatoms. The zero-order valence-corrected chi connectivity index (χ0v) is 17.8. The molecule has 0 bridgehead atoms. The number of para-hydroxylation sites is 3. The van der Waals surface area contributed by atoms with E-state index in [1.54, 1.807) is 12.1 Å². The van der Waals surface area contributed by atoms with Gasteiger partial charge in [-0.2, -0.15) is 5.10 Å². The lowest BCUT2D eigenvalue weighted by Crippen LogP contribution is -2.13. The van der Waals surface area contributed by atoms with Crippen molar-refractivity contribution >= 4 is 17.3 Å². The number of amides is 1. The van der Waals surface area contributed by atoms with E-state index in [0.29, 0.717) is 16.9 Å². The van der Waals surface area contributed by atoms with E-state index in [1.165, 1.54) is 16.8 Å². The number of hydrogen-bond acceptors (Lipinski definition) is 3. The van der Waals surface area contributed by atoms with E-state index in [4.69, 9.17) is 10.8 Å². The lowest BCUT2D eigenvalue weighted by Gasteiger charge is -2.09. The molecule has 0 saturated carbocycles. The highest BCUT2D eigenvalue weighted by atomic mass is 16.1. The number of carbonyl (C=O) groups is 1. The van der Waals surface area contributed by atoms with Crippen LogP contribution in [0.15, 0.2) is 78.9 Å². The number of nitrogens with one attached hydrogen (secondary N) is 1. The smallest absolute Gasteiger partial charge is 0.255 e. The van der Waals surface area contributed by atoms with Gasteiger partial charge in [-0.1, -0.05) is 42.5 Å². The van der Waals surface area contributed by atoms with Crippen molar-refractivity contribution in [3.05, 3.63) is 107 Å². The lowest BCUT2D eigenvalue weighted by atomic mass is 10.0. The highest BCUT2D eigenvalue weighted by Crippen LogP contribution is 2.21. The number of rotatable bonds is 6. The second kappa shape index (κ2) is 8.88. The van der Waals surface area contributed by atoms with Crippen molar-refractivity contribution in [2.45, 2.75) is 26.7 Å². The van der Waals surface area contributed by atoms with Gasteiger partial charge in [0.25, 0.3) is 5.91 Å². The Bertz CT molecular complexity index is 1190. The summed E-state index contributed by atoms with van der Waals surface area (Å²) in [5, 5.41) is 7.59. The second-order valence-corrected chi connectivity index (χ2v) is 7.64. The molecule has 1 amide bonds. The number of aryl methyl sites for hydroxylation is 2. The van der Waals surface area contributed by atoms with Crippen molar-refractivity contribution in [2.75, 3.05) is 11.1 Å². The molecule has 3 aromatic carbocycles. The first-order valence-corrected chi connectivity index (χ1v) is 10.4. The summed E-state index contributed by atoms with van der Waals surface area (Å²) in [4.78, 5) is 12.5. The number of aromatic nitrogens is 2. The van der Waals surface area contributed by atoms with Gasteiger partial charge in [0.1, 0.15) is 0 Å². The van der Waals surface area contributed by atoms with E-state index in [0.717, 1.165) is 24.2 Å². The SMILES string of the molecule is Cc1nn(-c2ccccc2)c(C)c1CCc1ccc(C(=O)Nc2ccccc2N)cc1. The molecule has 0 radical (unpaired) electrons. The fourth-order valence-electron chi connectivity index (χ4n) is 3.75. The van der Waals surface area contributed by atoms with Crippen LogP contribution in [-0.2, 0) is 12.8 Å². The maximum atomic E-state index is 12.5. The lowest BCUT2D eigenvalue weighted by molar-refractivity contribution is 0.102. The van der Waals surface area contributed by atoms with E-state index in [2.05, 4.69) is 31.3 Å². The molecule has 0 saturated heterocycles. The van der Waals surface area contributed by atoms with Gasteiger partial charge in [-0.3, -0.25) is 4.79 Å². The maximum Gasteiger partial charge on any atom is 0.255 e. The number of benzene rings is 3. The molecule has 156 valence electrons. The van der Waals surface area contributed by atoms with Gasteiger partial charge < -0.3 is 11.1 Å². The van der Waals surface area contributed by atoms with E-state index < -0.39 is 0 Å². The van der Waals surface area contributed by atoms with Crippen LogP contribution in [0.2, 0.25) is 0 Å². The molecule has 1 heterocycles. The number of anilines is 2. The summed E-state index contributed by atoms with van der Waals surface area (Å²) in [5.74, 6) is -0.166. The average Bonchev–Trinajstić information content (AvgIpc) is 3.08. The van der Waals surface area contributed by atoms with Crippen LogP contribution in [0.1, 0.15) is 32.9 Å². The summed E-state index contributed by atoms with van der Waals surface area (Å²) >= 11 is 0. The highest BCUT2D eigenvalue weighted by molar-refractivity contribution is 6.05. The Morgan fingerprint density at radius 2 is 1.58 bits per heavy atom. The van der Waals surface area contributed by atoms with Gasteiger partial charge in [-0.15, -0.1) is 0 Å². The summed E-state index contributed by atoms with van der Waals surface area (Å²) in [7, 11) is 0. The number of hydrogen-bond donors (Lipinski definition) is 2. The quantitative estimate of drug-likeness (QED) is 0.434. The molecule has 3 N–H and O–H groups in total. The maximum absolute atomic E-state index is 12.5. The third kappa shape index (κ3) is 4.51. The first-order chi connectivity index (χ1) is 15.0. The van der Waals surface area contributed by atoms with Crippen LogP contribution in [0, 0.1) is 13.8 Å². The molecule has 0 aliphatic heterocycles. The molecule has 0 aliphatic rings. The van der Waals surface area contributed by atoms with Crippen molar-refractivity contribution in [2.24, 2.45) is 0 Å². The van der Waals surface area contributed by atoms with Gasteiger partial charge in [0.15, 0.2) is 0 Å². The highest BCUT2D eigenvalue weighted by Gasteiger charge is 2.13. The molecule has 0 atom stereocenters. The summed E-state index contributed by atoms with van der Waals surface area (Å²) in [6.45, 7) is 4.18. The largest absolute Gasteiger partial charge is 0.397 e. The fraction of sp³-hybridized carbons (Fsp3) is 0.154. The van der Waals surface area contributed by atoms with Gasteiger partial charge in [0.2, 0.25) is 0 Å². The minimum Gasteiger partial charge on any atom is -0.397 e. The van der Waals surface area contributed by atoms with Crippen molar-refractivity contribution in [3.8, 4) is 5.69 Å². The number of nitrogen functional groups attached to an aromatic ring is 1. The zero-order chi connectivity index (χ0) is 21.8. The van der Waals surface area contributed by atoms with Crippen molar-refractivity contribution in [1.82, 2.24) is 9.78 Å². The van der Waals surface area contributed by atoms with Gasteiger partial charge in [0, 0.05) is 11.3 Å². The molecule has 31 heavy (non-hydrogen) atoms. The predicted molar refractivity (Wildman–Crippen MR) is 126 cm³/mol. The van der Waals surface area contributed by atoms with Crippen molar-refractivity contribution in [3.63, 3.8) is 0 Å². The van der Waals surface area contributed by atoms with Crippen LogP contribution in [0.4, 0.5) is 11.4 Å². The molecule has 0 aliphatic carbocycles. The normalized spacial score (nSPS) is 10.8. The molecule has 5 nitrogen and oxygen atoms in total. The third-order valence-electron chi connectivity index (χ3n) is 5.53. The van der Waals surface area contributed by atoms with Gasteiger partial charge in [-0.05, 0) is 74.2 Å². The summed E-state index contributed by atoms with van der Waals surface area (Å²) in [6.07, 6.45) is 1.78.